The molecule has 4 atom stereocenters. The highest BCUT2D eigenvalue weighted by Crippen LogP contribution is 2.62. The third-order valence-corrected chi connectivity index (χ3v) is 9.14. The minimum atomic E-state index is -1.37. The van der Waals surface area contributed by atoms with Gasteiger partial charge in [-0.2, -0.15) is 0 Å². The van der Waals surface area contributed by atoms with Crippen molar-refractivity contribution in [2.24, 2.45) is 5.92 Å². The molecule has 2 N–H and O–H groups in total. The number of fused-ring (bicyclic) bond motifs is 6. The highest BCUT2D eigenvalue weighted by molar-refractivity contribution is 9.10. The Morgan fingerprint density at radius 1 is 0.902 bits per heavy atom. The number of carbonyl (C=O) groups is 3. The first-order valence-electron chi connectivity index (χ1n) is 13.2. The van der Waals surface area contributed by atoms with Gasteiger partial charge >= 0.3 is 0 Å². The van der Waals surface area contributed by atoms with Crippen LogP contribution in [0.1, 0.15) is 33.1 Å². The molecule has 6 nitrogen and oxygen atoms in total. The van der Waals surface area contributed by atoms with Gasteiger partial charge in [0.2, 0.25) is 11.8 Å². The summed E-state index contributed by atoms with van der Waals surface area (Å²) in [5.74, 6) is -2.00. The molecular formula is C33H23BrClN3O3. The van der Waals surface area contributed by atoms with Crippen LogP contribution >= 0.6 is 27.5 Å². The number of Topliss-reactive ketones (excluding diaryl/α,β-unsaturated/α-hetero) is 1. The molecule has 0 unspecified atom stereocenters. The van der Waals surface area contributed by atoms with Gasteiger partial charge in [0.15, 0.2) is 5.78 Å². The largest absolute Gasteiger partial charge is 0.356 e. The molecule has 3 heterocycles. The molecule has 0 radical (unpaired) electrons. The van der Waals surface area contributed by atoms with Crippen molar-refractivity contribution < 1.29 is 14.4 Å². The van der Waals surface area contributed by atoms with Gasteiger partial charge in [-0.25, -0.2) is 0 Å². The molecule has 7 rings (SSSR count). The van der Waals surface area contributed by atoms with Crippen LogP contribution in [0.2, 0.25) is 5.02 Å². The summed E-state index contributed by atoms with van der Waals surface area (Å²) in [6.07, 6.45) is 3.79. The summed E-state index contributed by atoms with van der Waals surface area (Å²) in [4.78, 5) is 45.3. The molecule has 202 valence electrons. The Balaban J connectivity index is 1.48. The third kappa shape index (κ3) is 3.87. The number of ketones is 1. The monoisotopic (exact) mass is 623 g/mol. The molecule has 8 heteroatoms. The predicted octanol–water partition coefficient (Wildman–Crippen LogP) is 6.84. The number of halogens is 2. The van der Waals surface area contributed by atoms with E-state index in [4.69, 9.17) is 11.6 Å². The lowest BCUT2D eigenvalue weighted by Crippen LogP contribution is -2.50. The van der Waals surface area contributed by atoms with Crippen LogP contribution in [0, 0.1) is 5.92 Å². The van der Waals surface area contributed by atoms with Crippen molar-refractivity contribution in [1.82, 2.24) is 4.90 Å². The molecule has 0 bridgehead atoms. The SMILES string of the molecule is O=C(Nc1ccc(Cl)cc1)[C@@H]1[C@H](C(=O)c2ccc(Br)cc2)[C@@]2(C(=O)Nc3ccccc32)[C@@H]2c3ccccc3C=CN12. The lowest BCUT2D eigenvalue weighted by molar-refractivity contribution is -0.122. The summed E-state index contributed by atoms with van der Waals surface area (Å²) in [6.45, 7) is 0. The molecule has 4 aromatic rings. The van der Waals surface area contributed by atoms with Gasteiger partial charge < -0.3 is 15.5 Å². The molecule has 4 aromatic carbocycles. The standard InChI is InChI=1S/C33H23BrClN3O3/c34-21-11-9-20(10-12-21)29(39)27-28(31(40)36-23-15-13-22(35)14-16-23)38-18-17-19-5-1-2-6-24(19)30(38)33(27)25-7-3-4-8-26(25)37-32(33)41/h1-18,27-28,30H,(H,36,40)(H,37,41)/t27-,28+,30+,33-/m1/s1. The zero-order valence-corrected chi connectivity index (χ0v) is 23.9. The topological polar surface area (TPSA) is 78.5 Å². The maximum Gasteiger partial charge on any atom is 0.247 e. The van der Waals surface area contributed by atoms with Gasteiger partial charge in [-0.1, -0.05) is 82.1 Å². The zero-order valence-electron chi connectivity index (χ0n) is 21.6. The van der Waals surface area contributed by atoms with Gasteiger partial charge in [0.1, 0.15) is 11.5 Å². The van der Waals surface area contributed by atoms with Gasteiger partial charge in [-0.3, -0.25) is 14.4 Å². The molecule has 0 aliphatic carbocycles. The van der Waals surface area contributed by atoms with E-state index in [0.29, 0.717) is 27.5 Å². The number of nitrogens with one attached hydrogen (secondary N) is 2. The van der Waals surface area contributed by atoms with Crippen molar-refractivity contribution >= 4 is 62.6 Å². The van der Waals surface area contributed by atoms with Crippen molar-refractivity contribution in [3.8, 4) is 0 Å². The van der Waals surface area contributed by atoms with Crippen LogP contribution in [0.5, 0.6) is 0 Å². The predicted molar refractivity (Wildman–Crippen MR) is 163 cm³/mol. The fourth-order valence-corrected chi connectivity index (χ4v) is 7.10. The van der Waals surface area contributed by atoms with Crippen LogP contribution in [0.4, 0.5) is 11.4 Å². The fraction of sp³-hybridized carbons (Fsp3) is 0.121. The average Bonchev–Trinajstić information content (AvgIpc) is 3.47. The van der Waals surface area contributed by atoms with Crippen molar-refractivity contribution in [2.45, 2.75) is 17.5 Å². The summed E-state index contributed by atoms with van der Waals surface area (Å²) in [7, 11) is 0. The van der Waals surface area contributed by atoms with E-state index >= 15 is 0 Å². The molecule has 3 aliphatic heterocycles. The number of hydrogen-bond acceptors (Lipinski definition) is 4. The molecule has 3 aliphatic rings. The van der Waals surface area contributed by atoms with E-state index in [1.807, 2.05) is 65.7 Å². The van der Waals surface area contributed by atoms with Crippen LogP contribution in [-0.2, 0) is 15.0 Å². The Morgan fingerprint density at radius 2 is 1.61 bits per heavy atom. The second-order valence-electron chi connectivity index (χ2n) is 10.5. The van der Waals surface area contributed by atoms with Gasteiger partial charge in [0.05, 0.1) is 12.0 Å². The number of hydrogen-bond donors (Lipinski definition) is 2. The lowest BCUT2D eigenvalue weighted by atomic mass is 9.63. The summed E-state index contributed by atoms with van der Waals surface area (Å²) < 4.78 is 0.824. The fourth-order valence-electron chi connectivity index (χ4n) is 6.71. The number of rotatable bonds is 4. The normalized spacial score (nSPS) is 23.5. The third-order valence-electron chi connectivity index (χ3n) is 8.36. The Kier molecular flexibility index (Phi) is 6.10. The van der Waals surface area contributed by atoms with Crippen molar-refractivity contribution in [3.63, 3.8) is 0 Å². The van der Waals surface area contributed by atoms with Crippen molar-refractivity contribution in [3.05, 3.63) is 135 Å². The number of para-hydroxylation sites is 1. The summed E-state index contributed by atoms with van der Waals surface area (Å²) >= 11 is 9.53. The van der Waals surface area contributed by atoms with E-state index < -0.39 is 23.4 Å². The van der Waals surface area contributed by atoms with Gasteiger partial charge in [0, 0.05) is 32.6 Å². The molecule has 2 amide bonds. The number of amides is 2. The summed E-state index contributed by atoms with van der Waals surface area (Å²) in [6, 6.07) is 27.6. The lowest BCUT2D eigenvalue weighted by Gasteiger charge is -2.38. The smallest absolute Gasteiger partial charge is 0.247 e. The molecular weight excluding hydrogens is 602 g/mol. The maximum absolute atomic E-state index is 14.7. The van der Waals surface area contributed by atoms with E-state index in [1.54, 1.807) is 48.5 Å². The van der Waals surface area contributed by atoms with Crippen LogP contribution < -0.4 is 10.6 Å². The molecule has 1 saturated heterocycles. The molecule has 1 fully saturated rings. The molecule has 1 spiro atoms. The first-order chi connectivity index (χ1) is 19.9. The van der Waals surface area contributed by atoms with Crippen LogP contribution in [-0.4, -0.2) is 28.5 Å². The Morgan fingerprint density at radius 3 is 2.39 bits per heavy atom. The number of anilines is 2. The summed E-state index contributed by atoms with van der Waals surface area (Å²) in [5, 5.41) is 6.60. The second-order valence-corrected chi connectivity index (χ2v) is 11.8. The zero-order chi connectivity index (χ0) is 28.3. The maximum atomic E-state index is 14.7. The van der Waals surface area contributed by atoms with E-state index in [2.05, 4.69) is 26.6 Å². The Labute approximate surface area is 250 Å². The van der Waals surface area contributed by atoms with Crippen LogP contribution in [0.25, 0.3) is 6.08 Å². The highest BCUT2D eigenvalue weighted by Gasteiger charge is 2.70. The highest BCUT2D eigenvalue weighted by atomic mass is 79.9. The number of nitrogens with zero attached hydrogens (tertiary/aromatic N) is 1. The first-order valence-corrected chi connectivity index (χ1v) is 14.4. The second kappa shape index (κ2) is 9.72. The van der Waals surface area contributed by atoms with Gasteiger partial charge in [-0.05, 0) is 65.2 Å². The summed E-state index contributed by atoms with van der Waals surface area (Å²) in [5.41, 5.74) is 2.79. The van der Waals surface area contributed by atoms with Crippen molar-refractivity contribution in [1.29, 1.82) is 0 Å². The van der Waals surface area contributed by atoms with Crippen LogP contribution in [0.3, 0.4) is 0 Å². The van der Waals surface area contributed by atoms with Crippen molar-refractivity contribution in [2.75, 3.05) is 10.6 Å². The van der Waals surface area contributed by atoms with E-state index in [0.717, 1.165) is 15.6 Å². The molecule has 41 heavy (non-hydrogen) atoms. The quantitative estimate of drug-likeness (QED) is 0.244. The van der Waals surface area contributed by atoms with Gasteiger partial charge in [0.25, 0.3) is 0 Å². The van der Waals surface area contributed by atoms with Gasteiger partial charge in [-0.15, -0.1) is 0 Å². The molecule has 0 saturated carbocycles. The molecule has 0 aromatic heterocycles. The number of carbonyl (C=O) groups excluding carboxylic acids is 3. The number of benzene rings is 4. The first kappa shape index (κ1) is 25.7. The minimum absolute atomic E-state index is 0.277. The van der Waals surface area contributed by atoms with E-state index in [-0.39, 0.29) is 17.6 Å². The Bertz CT molecular complexity index is 1750. The average molecular weight is 625 g/mol. The Hall–Kier alpha value is -4.20. The van der Waals surface area contributed by atoms with E-state index in [9.17, 15) is 14.4 Å². The van der Waals surface area contributed by atoms with Crippen LogP contribution in [0.15, 0.2) is 108 Å². The minimum Gasteiger partial charge on any atom is -0.356 e. The van der Waals surface area contributed by atoms with E-state index in [1.165, 1.54) is 0 Å².